The first-order chi connectivity index (χ1) is 12.1. The van der Waals surface area contributed by atoms with Crippen LogP contribution in [0.3, 0.4) is 0 Å². The standard InChI is InChI=1S/C20H24N2O2S/c1-15(16-8-4-3-5-9-16)21(2)19(23)17-10-6-12-22(14-17)20(24)18-11-7-13-25-18/h3-5,7-9,11,13,15,17H,6,10,12,14H2,1-2H3. The Morgan fingerprint density at radius 1 is 1.20 bits per heavy atom. The number of nitrogens with zero attached hydrogens (tertiary/aromatic N) is 2. The first-order valence-corrected chi connectivity index (χ1v) is 9.60. The van der Waals surface area contributed by atoms with E-state index in [9.17, 15) is 9.59 Å². The van der Waals surface area contributed by atoms with Crippen molar-refractivity contribution in [3.8, 4) is 0 Å². The lowest BCUT2D eigenvalue weighted by Crippen LogP contribution is -2.46. The van der Waals surface area contributed by atoms with E-state index in [0.717, 1.165) is 29.8 Å². The lowest BCUT2D eigenvalue weighted by Gasteiger charge is -2.35. The first kappa shape index (κ1) is 17.7. The zero-order valence-electron chi connectivity index (χ0n) is 14.7. The molecular formula is C20H24N2O2S. The van der Waals surface area contributed by atoms with Crippen LogP contribution in [0.2, 0.25) is 0 Å². The summed E-state index contributed by atoms with van der Waals surface area (Å²) in [5, 5.41) is 1.91. The Balaban J connectivity index is 1.66. The van der Waals surface area contributed by atoms with E-state index in [1.54, 1.807) is 0 Å². The van der Waals surface area contributed by atoms with E-state index in [4.69, 9.17) is 0 Å². The summed E-state index contributed by atoms with van der Waals surface area (Å²) in [5.41, 5.74) is 1.13. The number of piperidine rings is 1. The van der Waals surface area contributed by atoms with E-state index in [0.29, 0.717) is 6.54 Å². The number of hydrogen-bond donors (Lipinski definition) is 0. The molecule has 0 saturated carbocycles. The van der Waals surface area contributed by atoms with Crippen LogP contribution in [0.1, 0.15) is 41.0 Å². The van der Waals surface area contributed by atoms with Crippen molar-refractivity contribution in [2.75, 3.05) is 20.1 Å². The van der Waals surface area contributed by atoms with Crippen LogP contribution in [0, 0.1) is 5.92 Å². The highest BCUT2D eigenvalue weighted by molar-refractivity contribution is 7.12. The summed E-state index contributed by atoms with van der Waals surface area (Å²) in [6, 6.07) is 13.8. The molecular weight excluding hydrogens is 332 g/mol. The minimum Gasteiger partial charge on any atom is -0.339 e. The number of benzene rings is 1. The molecule has 0 N–H and O–H groups in total. The molecule has 2 aromatic rings. The molecule has 25 heavy (non-hydrogen) atoms. The molecule has 1 saturated heterocycles. The monoisotopic (exact) mass is 356 g/mol. The fourth-order valence-electron chi connectivity index (χ4n) is 3.35. The highest BCUT2D eigenvalue weighted by Gasteiger charge is 2.32. The van der Waals surface area contributed by atoms with Gasteiger partial charge in [0, 0.05) is 20.1 Å². The Kier molecular flexibility index (Phi) is 5.53. The third-order valence-corrected chi connectivity index (χ3v) is 5.86. The average molecular weight is 356 g/mol. The van der Waals surface area contributed by atoms with Crippen LogP contribution in [0.5, 0.6) is 0 Å². The van der Waals surface area contributed by atoms with Gasteiger partial charge in [-0.05, 0) is 36.8 Å². The molecule has 0 aliphatic carbocycles. The number of amides is 2. The van der Waals surface area contributed by atoms with E-state index in [2.05, 4.69) is 0 Å². The lowest BCUT2D eigenvalue weighted by molar-refractivity contribution is -0.137. The van der Waals surface area contributed by atoms with Crippen molar-refractivity contribution < 1.29 is 9.59 Å². The Hall–Kier alpha value is -2.14. The third-order valence-electron chi connectivity index (χ3n) is 5.00. The van der Waals surface area contributed by atoms with E-state index >= 15 is 0 Å². The van der Waals surface area contributed by atoms with Crippen molar-refractivity contribution in [1.82, 2.24) is 9.80 Å². The van der Waals surface area contributed by atoms with Crippen molar-refractivity contribution in [2.45, 2.75) is 25.8 Å². The molecule has 5 heteroatoms. The largest absolute Gasteiger partial charge is 0.339 e. The summed E-state index contributed by atoms with van der Waals surface area (Å²) in [7, 11) is 1.86. The summed E-state index contributed by atoms with van der Waals surface area (Å²) >= 11 is 1.46. The van der Waals surface area contributed by atoms with Crippen molar-refractivity contribution in [2.24, 2.45) is 5.92 Å². The van der Waals surface area contributed by atoms with E-state index in [1.165, 1.54) is 11.3 Å². The van der Waals surface area contributed by atoms with Gasteiger partial charge in [-0.25, -0.2) is 0 Å². The summed E-state index contributed by atoms with van der Waals surface area (Å²) in [6.07, 6.45) is 1.72. The van der Waals surface area contributed by atoms with E-state index < -0.39 is 0 Å². The van der Waals surface area contributed by atoms with Crippen LogP contribution < -0.4 is 0 Å². The van der Waals surface area contributed by atoms with E-state index in [-0.39, 0.29) is 23.8 Å². The van der Waals surface area contributed by atoms with Gasteiger partial charge < -0.3 is 9.80 Å². The van der Waals surface area contributed by atoms with Crippen LogP contribution in [0.25, 0.3) is 0 Å². The molecule has 1 aromatic heterocycles. The number of likely N-dealkylation sites (tertiary alicyclic amines) is 1. The highest BCUT2D eigenvalue weighted by atomic mass is 32.1. The second kappa shape index (κ2) is 7.83. The first-order valence-electron chi connectivity index (χ1n) is 8.72. The summed E-state index contributed by atoms with van der Waals surface area (Å²) in [6.45, 7) is 3.30. The highest BCUT2D eigenvalue weighted by Crippen LogP contribution is 2.25. The van der Waals surface area contributed by atoms with Gasteiger partial charge in [-0.2, -0.15) is 0 Å². The number of carbonyl (C=O) groups excluding carboxylic acids is 2. The maximum absolute atomic E-state index is 13.0. The molecule has 1 aromatic carbocycles. The molecule has 0 spiro atoms. The number of thiophene rings is 1. The van der Waals surface area contributed by atoms with Crippen molar-refractivity contribution in [3.63, 3.8) is 0 Å². The molecule has 2 atom stereocenters. The molecule has 4 nitrogen and oxygen atoms in total. The smallest absolute Gasteiger partial charge is 0.263 e. The van der Waals surface area contributed by atoms with Crippen molar-refractivity contribution >= 4 is 23.2 Å². The van der Waals surface area contributed by atoms with E-state index in [1.807, 2.05) is 71.6 Å². The summed E-state index contributed by atoms with van der Waals surface area (Å²) < 4.78 is 0. The lowest BCUT2D eigenvalue weighted by atomic mass is 9.95. The fraction of sp³-hybridized carbons (Fsp3) is 0.400. The molecule has 3 rings (SSSR count). The quantitative estimate of drug-likeness (QED) is 0.835. The van der Waals surface area contributed by atoms with Gasteiger partial charge >= 0.3 is 0 Å². The van der Waals surface area contributed by atoms with Gasteiger partial charge in [-0.3, -0.25) is 9.59 Å². The van der Waals surface area contributed by atoms with Crippen LogP contribution in [-0.2, 0) is 4.79 Å². The molecule has 1 aliphatic rings. The van der Waals surface area contributed by atoms with Gasteiger partial charge in [-0.1, -0.05) is 36.4 Å². The second-order valence-electron chi connectivity index (χ2n) is 6.60. The van der Waals surface area contributed by atoms with Crippen LogP contribution >= 0.6 is 11.3 Å². The van der Waals surface area contributed by atoms with Crippen LogP contribution in [-0.4, -0.2) is 41.8 Å². The van der Waals surface area contributed by atoms with Gasteiger partial charge in [0.25, 0.3) is 5.91 Å². The minimum atomic E-state index is -0.117. The molecule has 2 heterocycles. The van der Waals surface area contributed by atoms with Gasteiger partial charge in [0.1, 0.15) is 0 Å². The number of carbonyl (C=O) groups is 2. The molecule has 1 aliphatic heterocycles. The maximum Gasteiger partial charge on any atom is 0.263 e. The molecule has 0 radical (unpaired) electrons. The molecule has 132 valence electrons. The SMILES string of the molecule is CC(c1ccccc1)N(C)C(=O)C1CCCN(C(=O)c2cccs2)C1. The number of rotatable bonds is 4. The second-order valence-corrected chi connectivity index (χ2v) is 7.55. The average Bonchev–Trinajstić information content (AvgIpc) is 3.21. The Bertz CT molecular complexity index is 715. The van der Waals surface area contributed by atoms with Crippen molar-refractivity contribution in [3.05, 3.63) is 58.3 Å². The van der Waals surface area contributed by atoms with Gasteiger partial charge in [0.2, 0.25) is 5.91 Å². The van der Waals surface area contributed by atoms with Crippen molar-refractivity contribution in [1.29, 1.82) is 0 Å². The Labute approximate surface area is 153 Å². The third kappa shape index (κ3) is 3.93. The maximum atomic E-state index is 13.0. The molecule has 2 unspecified atom stereocenters. The summed E-state index contributed by atoms with van der Waals surface area (Å²) in [4.78, 5) is 29.9. The zero-order chi connectivity index (χ0) is 17.8. The Morgan fingerprint density at radius 2 is 1.96 bits per heavy atom. The summed E-state index contributed by atoms with van der Waals surface area (Å²) in [5.74, 6) is 0.0557. The molecule has 0 bridgehead atoms. The Morgan fingerprint density at radius 3 is 2.64 bits per heavy atom. The van der Waals surface area contributed by atoms with Gasteiger partial charge in [0.05, 0.1) is 16.8 Å². The predicted molar refractivity (Wildman–Crippen MR) is 101 cm³/mol. The normalized spacial score (nSPS) is 18.6. The number of hydrogen-bond acceptors (Lipinski definition) is 3. The molecule has 1 fully saturated rings. The van der Waals surface area contributed by atoms with Gasteiger partial charge in [-0.15, -0.1) is 11.3 Å². The van der Waals surface area contributed by atoms with Crippen LogP contribution in [0.15, 0.2) is 47.8 Å². The van der Waals surface area contributed by atoms with Crippen LogP contribution in [0.4, 0.5) is 0 Å². The predicted octanol–water partition coefficient (Wildman–Crippen LogP) is 3.82. The zero-order valence-corrected chi connectivity index (χ0v) is 15.5. The van der Waals surface area contributed by atoms with Gasteiger partial charge in [0.15, 0.2) is 0 Å². The minimum absolute atomic E-state index is 0.0251. The topological polar surface area (TPSA) is 40.6 Å². The fourth-order valence-corrected chi connectivity index (χ4v) is 4.04. The molecule has 2 amide bonds.